The van der Waals surface area contributed by atoms with Crippen LogP contribution in [0.5, 0.6) is 11.5 Å². The zero-order valence-corrected chi connectivity index (χ0v) is 17.9. The normalized spacial score (nSPS) is 11.8. The summed E-state index contributed by atoms with van der Waals surface area (Å²) in [6, 6.07) is 7.26. The van der Waals surface area contributed by atoms with Gasteiger partial charge in [0.05, 0.1) is 16.5 Å². The van der Waals surface area contributed by atoms with Gasteiger partial charge in [0.25, 0.3) is 0 Å². The lowest BCUT2D eigenvalue weighted by atomic mass is 10.1. The van der Waals surface area contributed by atoms with E-state index in [2.05, 4.69) is 27.8 Å². The van der Waals surface area contributed by atoms with E-state index < -0.39 is 24.1 Å². The molecule has 0 amide bonds. The average molecular weight is 484 g/mol. The van der Waals surface area contributed by atoms with Crippen LogP contribution in [0.3, 0.4) is 0 Å². The number of alkyl halides is 3. The van der Waals surface area contributed by atoms with E-state index in [1.807, 2.05) is 6.20 Å². The zero-order valence-electron chi connectivity index (χ0n) is 16.3. The Labute approximate surface area is 180 Å². The molecule has 1 aromatic heterocycles. The van der Waals surface area contributed by atoms with Crippen LogP contribution < -0.4 is 4.74 Å². The Morgan fingerprint density at radius 1 is 1.20 bits per heavy atom. The number of fused-ring (bicyclic) bond motifs is 1. The van der Waals surface area contributed by atoms with Gasteiger partial charge in [-0.25, -0.2) is 0 Å². The maximum absolute atomic E-state index is 13.6. The molecule has 160 valence electrons. The first-order valence-electron chi connectivity index (χ1n) is 9.58. The molecule has 2 N–H and O–H groups in total. The van der Waals surface area contributed by atoms with Gasteiger partial charge in [-0.2, -0.15) is 13.2 Å². The molecule has 4 nitrogen and oxygen atoms in total. The third kappa shape index (κ3) is 5.16. The summed E-state index contributed by atoms with van der Waals surface area (Å²) in [4.78, 5) is 14.1. The van der Waals surface area contributed by atoms with Gasteiger partial charge in [-0.3, -0.25) is 4.79 Å². The highest BCUT2D eigenvalue weighted by Crippen LogP contribution is 2.43. The van der Waals surface area contributed by atoms with E-state index in [1.54, 1.807) is 18.2 Å². The molecule has 0 bridgehead atoms. The summed E-state index contributed by atoms with van der Waals surface area (Å²) in [6.07, 6.45) is 0.814. The molecule has 0 fully saturated rings. The van der Waals surface area contributed by atoms with Crippen molar-refractivity contribution in [1.29, 1.82) is 0 Å². The molecule has 30 heavy (non-hydrogen) atoms. The monoisotopic (exact) mass is 483 g/mol. The average Bonchev–Trinajstić information content (AvgIpc) is 3.05. The van der Waals surface area contributed by atoms with Crippen molar-refractivity contribution in [1.82, 2.24) is 4.98 Å². The molecule has 0 aliphatic carbocycles. The smallest absolute Gasteiger partial charge is 0.420 e. The summed E-state index contributed by atoms with van der Waals surface area (Å²) in [5.74, 6) is -1.33. The number of carbonyl (C=O) groups is 1. The lowest BCUT2D eigenvalue weighted by Crippen LogP contribution is -2.10. The number of aromatic amines is 1. The van der Waals surface area contributed by atoms with Crippen LogP contribution >= 0.6 is 15.9 Å². The van der Waals surface area contributed by atoms with Crippen molar-refractivity contribution in [2.45, 2.75) is 45.2 Å². The van der Waals surface area contributed by atoms with Crippen LogP contribution in [0.25, 0.3) is 10.9 Å². The van der Waals surface area contributed by atoms with Gasteiger partial charge in [0, 0.05) is 17.1 Å². The second kappa shape index (κ2) is 9.12. The minimum absolute atomic E-state index is 0.0355. The number of unbranched alkanes of at least 4 members (excludes halogenated alkanes) is 2. The summed E-state index contributed by atoms with van der Waals surface area (Å²) in [6.45, 7) is 2.12. The van der Waals surface area contributed by atoms with Gasteiger partial charge >= 0.3 is 12.1 Å². The number of halogens is 4. The molecule has 0 radical (unpaired) electrons. The number of hydrogen-bond acceptors (Lipinski definition) is 2. The van der Waals surface area contributed by atoms with E-state index in [-0.39, 0.29) is 21.5 Å². The molecule has 0 atom stereocenters. The van der Waals surface area contributed by atoms with E-state index >= 15 is 0 Å². The fourth-order valence-corrected chi connectivity index (χ4v) is 3.94. The van der Waals surface area contributed by atoms with Gasteiger partial charge in [-0.15, -0.1) is 0 Å². The number of aliphatic carboxylic acids is 1. The maximum atomic E-state index is 13.6. The van der Waals surface area contributed by atoms with Crippen molar-refractivity contribution in [2.24, 2.45) is 0 Å². The molecule has 0 aliphatic heterocycles. The predicted octanol–water partition coefficient (Wildman–Crippen LogP) is 7.10. The number of benzene rings is 2. The van der Waals surface area contributed by atoms with Crippen molar-refractivity contribution in [2.75, 3.05) is 0 Å². The Morgan fingerprint density at radius 3 is 2.63 bits per heavy atom. The van der Waals surface area contributed by atoms with Gasteiger partial charge in [0.15, 0.2) is 5.75 Å². The van der Waals surface area contributed by atoms with Crippen LogP contribution in [0.1, 0.15) is 42.9 Å². The SMILES string of the molecule is CCCCCc1c[nH]c2ccc(Oc3c(Br)cc(CC(=O)O)cc3C(F)(F)F)cc12. The first kappa shape index (κ1) is 22.2. The lowest BCUT2D eigenvalue weighted by molar-refractivity contribution is -0.139. The molecule has 8 heteroatoms. The van der Waals surface area contributed by atoms with Crippen LogP contribution in [-0.4, -0.2) is 16.1 Å². The number of ether oxygens (including phenoxy) is 1. The van der Waals surface area contributed by atoms with E-state index in [9.17, 15) is 18.0 Å². The summed E-state index contributed by atoms with van der Waals surface area (Å²) >= 11 is 3.11. The van der Waals surface area contributed by atoms with Crippen molar-refractivity contribution >= 4 is 32.8 Å². The Bertz CT molecular complexity index is 1060. The van der Waals surface area contributed by atoms with Crippen molar-refractivity contribution < 1.29 is 27.8 Å². The van der Waals surface area contributed by atoms with Crippen LogP contribution in [0, 0.1) is 0 Å². The Kier molecular flexibility index (Phi) is 6.75. The summed E-state index contributed by atoms with van der Waals surface area (Å²) < 4.78 is 46.6. The fourth-order valence-electron chi connectivity index (χ4n) is 3.35. The molecular formula is C22H21BrF3NO3. The largest absolute Gasteiger partial charge is 0.481 e. The topological polar surface area (TPSA) is 62.3 Å². The maximum Gasteiger partial charge on any atom is 0.420 e. The first-order chi connectivity index (χ1) is 14.2. The van der Waals surface area contributed by atoms with Gasteiger partial charge in [0.1, 0.15) is 5.75 Å². The highest BCUT2D eigenvalue weighted by molar-refractivity contribution is 9.10. The summed E-state index contributed by atoms with van der Waals surface area (Å²) in [7, 11) is 0. The van der Waals surface area contributed by atoms with Crippen molar-refractivity contribution in [3.8, 4) is 11.5 Å². The fraction of sp³-hybridized carbons (Fsp3) is 0.318. The molecule has 3 rings (SSSR count). The number of aryl methyl sites for hydroxylation is 1. The molecule has 0 saturated carbocycles. The minimum Gasteiger partial charge on any atom is -0.481 e. The van der Waals surface area contributed by atoms with Crippen molar-refractivity contribution in [3.05, 3.63) is 57.7 Å². The number of hydrogen-bond donors (Lipinski definition) is 2. The highest BCUT2D eigenvalue weighted by atomic mass is 79.9. The third-order valence-corrected chi connectivity index (χ3v) is 5.36. The predicted molar refractivity (Wildman–Crippen MR) is 112 cm³/mol. The Balaban J connectivity index is 1.97. The molecular weight excluding hydrogens is 463 g/mol. The van der Waals surface area contributed by atoms with Gasteiger partial charge in [0.2, 0.25) is 0 Å². The van der Waals surface area contributed by atoms with Gasteiger partial charge in [-0.05, 0) is 70.2 Å². The molecule has 1 heterocycles. The lowest BCUT2D eigenvalue weighted by Gasteiger charge is -2.17. The van der Waals surface area contributed by atoms with Crippen LogP contribution in [0.15, 0.2) is 41.0 Å². The van der Waals surface area contributed by atoms with Crippen LogP contribution in [-0.2, 0) is 23.8 Å². The number of carboxylic acids is 1. The first-order valence-corrected chi connectivity index (χ1v) is 10.4. The molecule has 0 saturated heterocycles. The number of rotatable bonds is 8. The number of aromatic nitrogens is 1. The Morgan fingerprint density at radius 2 is 1.97 bits per heavy atom. The molecule has 0 spiro atoms. The van der Waals surface area contributed by atoms with E-state index in [4.69, 9.17) is 9.84 Å². The van der Waals surface area contributed by atoms with Crippen molar-refractivity contribution in [3.63, 3.8) is 0 Å². The Hall–Kier alpha value is -2.48. The molecule has 3 aromatic rings. The number of carboxylic acid groups (broad SMARTS) is 1. The minimum atomic E-state index is -4.70. The summed E-state index contributed by atoms with van der Waals surface area (Å²) in [5.41, 5.74) is 0.996. The van der Waals surface area contributed by atoms with E-state index in [0.29, 0.717) is 0 Å². The van der Waals surface area contributed by atoms with E-state index in [1.165, 1.54) is 6.07 Å². The highest BCUT2D eigenvalue weighted by Gasteiger charge is 2.36. The van der Waals surface area contributed by atoms with Crippen LogP contribution in [0.2, 0.25) is 0 Å². The standard InChI is InChI=1S/C22H21BrF3NO3/c1-2-3-4-5-14-12-27-19-7-6-15(11-16(14)19)30-21-17(22(24,25)26)8-13(9-18(21)23)10-20(28)29/h6-9,11-12,27H,2-5,10H2,1H3,(H,28,29). The van der Waals surface area contributed by atoms with E-state index in [0.717, 1.165) is 48.2 Å². The number of nitrogens with one attached hydrogen (secondary N) is 1. The molecule has 2 aromatic carbocycles. The van der Waals surface area contributed by atoms with Gasteiger partial charge < -0.3 is 14.8 Å². The molecule has 0 aliphatic rings. The van der Waals surface area contributed by atoms with Crippen LogP contribution in [0.4, 0.5) is 13.2 Å². The zero-order chi connectivity index (χ0) is 21.9. The number of H-pyrrole nitrogens is 1. The quantitative estimate of drug-likeness (QED) is 0.335. The second-order valence-corrected chi connectivity index (χ2v) is 7.96. The third-order valence-electron chi connectivity index (χ3n) is 4.77. The molecule has 0 unspecified atom stereocenters. The second-order valence-electron chi connectivity index (χ2n) is 7.10. The summed E-state index contributed by atoms with van der Waals surface area (Å²) in [5, 5.41) is 9.82. The van der Waals surface area contributed by atoms with Gasteiger partial charge in [-0.1, -0.05) is 19.8 Å².